The van der Waals surface area contributed by atoms with Crippen LogP contribution in [0.15, 0.2) is 23.7 Å². The van der Waals surface area contributed by atoms with Crippen molar-refractivity contribution in [3.63, 3.8) is 0 Å². The summed E-state index contributed by atoms with van der Waals surface area (Å²) in [5.74, 6) is 0.959. The smallest absolute Gasteiger partial charge is 0.205 e. The van der Waals surface area contributed by atoms with E-state index in [1.54, 1.807) is 11.3 Å². The SMILES string of the molecule is CCc1nsc(N2CCCN(c3ccnc4ccsc34)CC2)n1. The van der Waals surface area contributed by atoms with Crippen molar-refractivity contribution in [3.8, 4) is 0 Å². The summed E-state index contributed by atoms with van der Waals surface area (Å²) in [4.78, 5) is 14.0. The van der Waals surface area contributed by atoms with Crippen LogP contribution in [0.5, 0.6) is 0 Å². The predicted molar refractivity (Wildman–Crippen MR) is 98.0 cm³/mol. The van der Waals surface area contributed by atoms with Gasteiger partial charge in [0, 0.05) is 50.3 Å². The molecule has 7 heteroatoms. The average molecular weight is 345 g/mol. The number of fused-ring (bicyclic) bond motifs is 1. The molecular weight excluding hydrogens is 326 g/mol. The van der Waals surface area contributed by atoms with E-state index in [2.05, 4.69) is 48.6 Å². The Labute approximate surface area is 143 Å². The van der Waals surface area contributed by atoms with Crippen LogP contribution in [-0.4, -0.2) is 40.5 Å². The van der Waals surface area contributed by atoms with Crippen molar-refractivity contribution in [2.24, 2.45) is 0 Å². The Hall–Kier alpha value is -1.73. The van der Waals surface area contributed by atoms with Gasteiger partial charge >= 0.3 is 0 Å². The highest BCUT2D eigenvalue weighted by atomic mass is 32.1. The van der Waals surface area contributed by atoms with Gasteiger partial charge in [0.25, 0.3) is 0 Å². The van der Waals surface area contributed by atoms with Gasteiger partial charge in [-0.05, 0) is 23.9 Å². The fourth-order valence-corrected chi connectivity index (χ4v) is 4.67. The molecule has 0 spiro atoms. The van der Waals surface area contributed by atoms with Gasteiger partial charge in [-0.2, -0.15) is 4.37 Å². The molecule has 1 saturated heterocycles. The summed E-state index contributed by atoms with van der Waals surface area (Å²) in [5.41, 5.74) is 2.42. The van der Waals surface area contributed by atoms with Gasteiger partial charge in [-0.15, -0.1) is 11.3 Å². The minimum absolute atomic E-state index is 0.907. The summed E-state index contributed by atoms with van der Waals surface area (Å²) in [6.07, 6.45) is 3.96. The third-order valence-electron chi connectivity index (χ3n) is 4.20. The van der Waals surface area contributed by atoms with Crippen molar-refractivity contribution in [1.82, 2.24) is 14.3 Å². The Kier molecular flexibility index (Phi) is 4.13. The van der Waals surface area contributed by atoms with Crippen molar-refractivity contribution in [2.75, 3.05) is 36.0 Å². The monoisotopic (exact) mass is 345 g/mol. The number of hydrogen-bond donors (Lipinski definition) is 0. The topological polar surface area (TPSA) is 45.2 Å². The van der Waals surface area contributed by atoms with Crippen LogP contribution in [-0.2, 0) is 6.42 Å². The van der Waals surface area contributed by atoms with Gasteiger partial charge in [0.2, 0.25) is 5.13 Å². The van der Waals surface area contributed by atoms with Gasteiger partial charge in [-0.1, -0.05) is 6.92 Å². The molecule has 3 aromatic rings. The number of thiophene rings is 1. The minimum Gasteiger partial charge on any atom is -0.368 e. The van der Waals surface area contributed by atoms with Gasteiger partial charge in [0.1, 0.15) is 5.82 Å². The fourth-order valence-electron chi connectivity index (χ4n) is 2.98. The predicted octanol–water partition coefficient (Wildman–Crippen LogP) is 3.43. The molecule has 23 heavy (non-hydrogen) atoms. The van der Waals surface area contributed by atoms with E-state index in [9.17, 15) is 0 Å². The normalized spacial score (nSPS) is 16.0. The van der Waals surface area contributed by atoms with Crippen molar-refractivity contribution >= 4 is 43.9 Å². The van der Waals surface area contributed by atoms with E-state index < -0.39 is 0 Å². The third-order valence-corrected chi connectivity index (χ3v) is 5.94. The zero-order valence-corrected chi connectivity index (χ0v) is 14.7. The zero-order chi connectivity index (χ0) is 15.6. The first kappa shape index (κ1) is 14.8. The molecule has 120 valence electrons. The molecule has 1 aliphatic rings. The molecule has 0 amide bonds. The molecule has 3 aromatic heterocycles. The highest BCUT2D eigenvalue weighted by Crippen LogP contribution is 2.31. The van der Waals surface area contributed by atoms with Gasteiger partial charge in [-0.3, -0.25) is 4.98 Å². The van der Waals surface area contributed by atoms with E-state index in [1.165, 1.54) is 21.9 Å². The second-order valence-corrected chi connectivity index (χ2v) is 7.29. The molecule has 0 aromatic carbocycles. The number of rotatable bonds is 3. The Morgan fingerprint density at radius 2 is 2.00 bits per heavy atom. The van der Waals surface area contributed by atoms with Crippen molar-refractivity contribution < 1.29 is 0 Å². The maximum absolute atomic E-state index is 4.64. The molecule has 4 heterocycles. The third kappa shape index (κ3) is 2.90. The molecule has 0 unspecified atom stereocenters. The van der Waals surface area contributed by atoms with Crippen molar-refractivity contribution in [1.29, 1.82) is 0 Å². The molecule has 5 nitrogen and oxygen atoms in total. The number of nitrogens with zero attached hydrogens (tertiary/aromatic N) is 5. The van der Waals surface area contributed by atoms with Crippen LogP contribution in [0.4, 0.5) is 10.8 Å². The van der Waals surface area contributed by atoms with Crippen LogP contribution >= 0.6 is 22.9 Å². The molecule has 0 saturated carbocycles. The van der Waals surface area contributed by atoms with Crippen LogP contribution < -0.4 is 9.80 Å². The van der Waals surface area contributed by atoms with Crippen LogP contribution in [0.25, 0.3) is 10.2 Å². The Balaban J connectivity index is 1.54. The van der Waals surface area contributed by atoms with Crippen LogP contribution in [0.2, 0.25) is 0 Å². The second-order valence-electron chi connectivity index (χ2n) is 5.64. The van der Waals surface area contributed by atoms with E-state index >= 15 is 0 Å². The fraction of sp³-hybridized carbons (Fsp3) is 0.438. The van der Waals surface area contributed by atoms with Crippen molar-refractivity contribution in [2.45, 2.75) is 19.8 Å². The lowest BCUT2D eigenvalue weighted by molar-refractivity contribution is 0.802. The first-order chi connectivity index (χ1) is 11.3. The number of anilines is 2. The summed E-state index contributed by atoms with van der Waals surface area (Å²) in [5, 5.41) is 3.19. The van der Waals surface area contributed by atoms with Crippen LogP contribution in [0, 0.1) is 0 Å². The second kappa shape index (κ2) is 6.41. The molecular formula is C16H19N5S2. The molecule has 0 radical (unpaired) electrons. The van der Waals surface area contributed by atoms with Gasteiger partial charge in [-0.25, -0.2) is 4.98 Å². The Morgan fingerprint density at radius 1 is 1.13 bits per heavy atom. The number of aryl methyl sites for hydroxylation is 1. The summed E-state index contributed by atoms with van der Waals surface area (Å²) in [6.45, 7) is 6.23. The Morgan fingerprint density at radius 3 is 2.87 bits per heavy atom. The highest BCUT2D eigenvalue weighted by molar-refractivity contribution is 7.17. The quantitative estimate of drug-likeness (QED) is 0.728. The first-order valence-electron chi connectivity index (χ1n) is 8.00. The summed E-state index contributed by atoms with van der Waals surface area (Å²) >= 11 is 3.31. The first-order valence-corrected chi connectivity index (χ1v) is 9.65. The van der Waals surface area contributed by atoms with Crippen molar-refractivity contribution in [3.05, 3.63) is 29.5 Å². The lowest BCUT2D eigenvalue weighted by Gasteiger charge is -2.23. The molecule has 1 fully saturated rings. The maximum Gasteiger partial charge on any atom is 0.205 e. The average Bonchev–Trinajstić information content (AvgIpc) is 3.19. The van der Waals surface area contributed by atoms with Gasteiger partial charge in [0.05, 0.1) is 15.9 Å². The lowest BCUT2D eigenvalue weighted by atomic mass is 10.3. The number of aromatic nitrogens is 3. The van der Waals surface area contributed by atoms with Crippen LogP contribution in [0.1, 0.15) is 19.2 Å². The van der Waals surface area contributed by atoms with E-state index in [1.807, 2.05) is 6.20 Å². The molecule has 0 atom stereocenters. The molecule has 1 aliphatic heterocycles. The molecule has 0 N–H and O–H groups in total. The van der Waals surface area contributed by atoms with Gasteiger partial charge < -0.3 is 9.80 Å². The van der Waals surface area contributed by atoms with E-state index in [0.717, 1.165) is 55.5 Å². The van der Waals surface area contributed by atoms with Crippen LogP contribution in [0.3, 0.4) is 0 Å². The molecule has 4 rings (SSSR count). The molecule has 0 aliphatic carbocycles. The van der Waals surface area contributed by atoms with Gasteiger partial charge in [0.15, 0.2) is 0 Å². The minimum atomic E-state index is 0.907. The number of hydrogen-bond acceptors (Lipinski definition) is 7. The lowest BCUT2D eigenvalue weighted by Crippen LogP contribution is -2.30. The van der Waals surface area contributed by atoms with E-state index in [0.29, 0.717) is 0 Å². The number of pyridine rings is 1. The largest absolute Gasteiger partial charge is 0.368 e. The van der Waals surface area contributed by atoms with E-state index in [-0.39, 0.29) is 0 Å². The zero-order valence-electron chi connectivity index (χ0n) is 13.1. The standard InChI is InChI=1S/C16H19N5S2/c1-2-14-18-16(23-19-14)21-8-3-7-20(9-10-21)13-4-6-17-12-5-11-22-15(12)13/h4-6,11H,2-3,7-10H2,1H3. The Bertz CT molecular complexity index is 796. The maximum atomic E-state index is 4.64. The molecule has 0 bridgehead atoms. The highest BCUT2D eigenvalue weighted by Gasteiger charge is 2.19. The summed E-state index contributed by atoms with van der Waals surface area (Å²) in [6, 6.07) is 4.25. The summed E-state index contributed by atoms with van der Waals surface area (Å²) < 4.78 is 5.72. The summed E-state index contributed by atoms with van der Waals surface area (Å²) in [7, 11) is 0. The van der Waals surface area contributed by atoms with E-state index in [4.69, 9.17) is 0 Å².